The van der Waals surface area contributed by atoms with Crippen LogP contribution in [0.4, 0.5) is 5.69 Å². The predicted octanol–water partition coefficient (Wildman–Crippen LogP) is 2.58. The number of anilines is 1. The van der Waals surface area contributed by atoms with Gasteiger partial charge in [0.25, 0.3) is 0 Å². The molecule has 0 amide bonds. The van der Waals surface area contributed by atoms with E-state index in [2.05, 4.69) is 43.4 Å². The molecule has 2 rings (SSSR count). The molecule has 0 saturated carbocycles. The third-order valence-corrected chi connectivity index (χ3v) is 2.78. The fourth-order valence-electron chi connectivity index (χ4n) is 1.79. The fourth-order valence-corrected chi connectivity index (χ4v) is 1.79. The maximum absolute atomic E-state index is 5.50. The number of nitrogens with one attached hydrogen (secondary N) is 1. The van der Waals surface area contributed by atoms with Crippen molar-refractivity contribution in [2.75, 3.05) is 11.9 Å². The minimum atomic E-state index is 0.330. The van der Waals surface area contributed by atoms with Gasteiger partial charge in [-0.3, -0.25) is 0 Å². The van der Waals surface area contributed by atoms with Crippen LogP contribution in [0, 0.1) is 6.92 Å². The topological polar surface area (TPSA) is 21.3 Å². The molecule has 1 fully saturated rings. The van der Waals surface area contributed by atoms with Gasteiger partial charge in [-0.2, -0.15) is 0 Å². The summed E-state index contributed by atoms with van der Waals surface area (Å²) < 4.78 is 5.50. The van der Waals surface area contributed by atoms with Gasteiger partial charge in [0.15, 0.2) is 0 Å². The van der Waals surface area contributed by atoms with Crippen molar-refractivity contribution >= 4 is 5.69 Å². The van der Waals surface area contributed by atoms with Crippen molar-refractivity contribution in [1.82, 2.24) is 0 Å². The standard InChI is InChI=1S/C12H17NO/c1-9-3-5-11(6-4-9)13-12-7-8-14-10(12)2/h3-6,10,12-13H,7-8H2,1-2H3. The highest BCUT2D eigenvalue weighted by molar-refractivity contribution is 5.45. The minimum absolute atomic E-state index is 0.330. The Labute approximate surface area is 85.3 Å². The summed E-state index contributed by atoms with van der Waals surface area (Å²) in [6.45, 7) is 5.11. The van der Waals surface area contributed by atoms with E-state index in [0.29, 0.717) is 12.1 Å². The highest BCUT2D eigenvalue weighted by Crippen LogP contribution is 2.18. The Morgan fingerprint density at radius 2 is 2.00 bits per heavy atom. The van der Waals surface area contributed by atoms with E-state index in [4.69, 9.17) is 4.74 Å². The first kappa shape index (κ1) is 9.53. The van der Waals surface area contributed by atoms with Gasteiger partial charge < -0.3 is 10.1 Å². The highest BCUT2D eigenvalue weighted by Gasteiger charge is 2.23. The van der Waals surface area contributed by atoms with Crippen LogP contribution in [0.25, 0.3) is 0 Å². The first-order valence-corrected chi connectivity index (χ1v) is 5.20. The molecular formula is C12H17NO. The molecule has 1 N–H and O–H groups in total. The van der Waals surface area contributed by atoms with Gasteiger partial charge in [-0.25, -0.2) is 0 Å². The Bertz CT molecular complexity index is 294. The first-order chi connectivity index (χ1) is 6.75. The molecule has 2 atom stereocenters. The van der Waals surface area contributed by atoms with Crippen molar-refractivity contribution in [3.63, 3.8) is 0 Å². The zero-order valence-electron chi connectivity index (χ0n) is 8.79. The van der Waals surface area contributed by atoms with Crippen molar-refractivity contribution in [3.05, 3.63) is 29.8 Å². The Kier molecular flexibility index (Phi) is 2.73. The Morgan fingerprint density at radius 1 is 1.29 bits per heavy atom. The molecule has 1 saturated heterocycles. The van der Waals surface area contributed by atoms with Crippen LogP contribution in [0.2, 0.25) is 0 Å². The van der Waals surface area contributed by atoms with Crippen LogP contribution >= 0.6 is 0 Å². The van der Waals surface area contributed by atoms with Crippen LogP contribution in [-0.2, 0) is 4.74 Å². The van der Waals surface area contributed by atoms with Gasteiger partial charge in [0.2, 0.25) is 0 Å². The Hall–Kier alpha value is -1.02. The second-order valence-electron chi connectivity index (χ2n) is 3.98. The van der Waals surface area contributed by atoms with Crippen molar-refractivity contribution in [2.45, 2.75) is 32.4 Å². The molecule has 1 aromatic carbocycles. The van der Waals surface area contributed by atoms with Gasteiger partial charge in [-0.15, -0.1) is 0 Å². The summed E-state index contributed by atoms with van der Waals surface area (Å²) in [4.78, 5) is 0. The first-order valence-electron chi connectivity index (χ1n) is 5.20. The molecule has 0 aromatic heterocycles. The largest absolute Gasteiger partial charge is 0.380 e. The van der Waals surface area contributed by atoms with E-state index in [1.54, 1.807) is 0 Å². The molecule has 14 heavy (non-hydrogen) atoms. The van der Waals surface area contributed by atoms with E-state index in [1.807, 2.05) is 0 Å². The molecule has 76 valence electrons. The van der Waals surface area contributed by atoms with Gasteiger partial charge in [-0.1, -0.05) is 17.7 Å². The normalized spacial score (nSPS) is 26.4. The molecule has 1 aliphatic rings. The van der Waals surface area contributed by atoms with Gasteiger partial charge >= 0.3 is 0 Å². The summed E-state index contributed by atoms with van der Waals surface area (Å²) in [5.41, 5.74) is 2.49. The molecule has 0 aliphatic carbocycles. The quantitative estimate of drug-likeness (QED) is 0.775. The summed E-state index contributed by atoms with van der Waals surface area (Å²) in [6.07, 6.45) is 1.44. The molecule has 1 aliphatic heterocycles. The number of ether oxygens (including phenoxy) is 1. The molecule has 0 bridgehead atoms. The monoisotopic (exact) mass is 191 g/mol. The molecule has 0 spiro atoms. The summed E-state index contributed by atoms with van der Waals surface area (Å²) in [5, 5.41) is 3.49. The lowest BCUT2D eigenvalue weighted by atomic mass is 10.1. The molecule has 2 unspecified atom stereocenters. The number of hydrogen-bond acceptors (Lipinski definition) is 2. The number of hydrogen-bond donors (Lipinski definition) is 1. The lowest BCUT2D eigenvalue weighted by Crippen LogP contribution is -2.26. The van der Waals surface area contributed by atoms with Crippen molar-refractivity contribution in [3.8, 4) is 0 Å². The molecule has 1 heterocycles. The Morgan fingerprint density at radius 3 is 2.57 bits per heavy atom. The number of aryl methyl sites for hydroxylation is 1. The van der Waals surface area contributed by atoms with E-state index in [-0.39, 0.29) is 0 Å². The lowest BCUT2D eigenvalue weighted by Gasteiger charge is -2.17. The fraction of sp³-hybridized carbons (Fsp3) is 0.500. The average Bonchev–Trinajstić information content (AvgIpc) is 2.56. The zero-order chi connectivity index (χ0) is 9.97. The Balaban J connectivity index is 2.00. The van der Waals surface area contributed by atoms with E-state index in [0.717, 1.165) is 13.0 Å². The molecule has 1 aromatic rings. The van der Waals surface area contributed by atoms with E-state index < -0.39 is 0 Å². The van der Waals surface area contributed by atoms with E-state index in [9.17, 15) is 0 Å². The summed E-state index contributed by atoms with van der Waals surface area (Å²) in [5.74, 6) is 0. The van der Waals surface area contributed by atoms with Crippen molar-refractivity contribution < 1.29 is 4.74 Å². The third-order valence-electron chi connectivity index (χ3n) is 2.78. The third kappa shape index (κ3) is 2.07. The van der Waals surface area contributed by atoms with Crippen molar-refractivity contribution in [2.24, 2.45) is 0 Å². The highest BCUT2D eigenvalue weighted by atomic mass is 16.5. The van der Waals surface area contributed by atoms with Gasteiger partial charge in [-0.05, 0) is 32.4 Å². The van der Waals surface area contributed by atoms with Crippen LogP contribution in [0.15, 0.2) is 24.3 Å². The molecule has 2 nitrogen and oxygen atoms in total. The SMILES string of the molecule is Cc1ccc(NC2CCOC2C)cc1. The van der Waals surface area contributed by atoms with E-state index >= 15 is 0 Å². The van der Waals surface area contributed by atoms with Crippen LogP contribution < -0.4 is 5.32 Å². The van der Waals surface area contributed by atoms with Gasteiger partial charge in [0, 0.05) is 12.3 Å². The van der Waals surface area contributed by atoms with Gasteiger partial charge in [0.05, 0.1) is 12.1 Å². The van der Waals surface area contributed by atoms with Gasteiger partial charge in [0.1, 0.15) is 0 Å². The number of benzene rings is 1. The van der Waals surface area contributed by atoms with E-state index in [1.165, 1.54) is 11.3 Å². The smallest absolute Gasteiger partial charge is 0.0748 e. The maximum atomic E-state index is 5.50. The van der Waals surface area contributed by atoms with Crippen LogP contribution in [-0.4, -0.2) is 18.8 Å². The predicted molar refractivity (Wildman–Crippen MR) is 58.6 cm³/mol. The molecule has 2 heteroatoms. The second kappa shape index (κ2) is 4.01. The van der Waals surface area contributed by atoms with Crippen LogP contribution in [0.3, 0.4) is 0 Å². The summed E-state index contributed by atoms with van der Waals surface area (Å²) in [6, 6.07) is 8.98. The van der Waals surface area contributed by atoms with Crippen LogP contribution in [0.5, 0.6) is 0 Å². The summed E-state index contributed by atoms with van der Waals surface area (Å²) in [7, 11) is 0. The van der Waals surface area contributed by atoms with Crippen LogP contribution in [0.1, 0.15) is 18.9 Å². The molecule has 0 radical (unpaired) electrons. The minimum Gasteiger partial charge on any atom is -0.380 e. The molecular weight excluding hydrogens is 174 g/mol. The summed E-state index contributed by atoms with van der Waals surface area (Å²) >= 11 is 0. The van der Waals surface area contributed by atoms with Crippen molar-refractivity contribution in [1.29, 1.82) is 0 Å². The number of rotatable bonds is 2. The maximum Gasteiger partial charge on any atom is 0.0748 e. The lowest BCUT2D eigenvalue weighted by molar-refractivity contribution is 0.121. The zero-order valence-corrected chi connectivity index (χ0v) is 8.79. The second-order valence-corrected chi connectivity index (χ2v) is 3.98. The average molecular weight is 191 g/mol.